The van der Waals surface area contributed by atoms with Gasteiger partial charge in [0.2, 0.25) is 0 Å². The predicted octanol–water partition coefficient (Wildman–Crippen LogP) is 1.48. The first kappa shape index (κ1) is 15.1. The van der Waals surface area contributed by atoms with E-state index in [0.29, 0.717) is 0 Å². The zero-order valence-electron chi connectivity index (χ0n) is 12.6. The minimum absolute atomic E-state index is 0.256. The lowest BCUT2D eigenvalue weighted by Crippen LogP contribution is -2.46. The molecule has 1 fully saturated rings. The van der Waals surface area contributed by atoms with Gasteiger partial charge in [0.25, 0.3) is 0 Å². The second-order valence-corrected chi connectivity index (χ2v) is 6.49. The van der Waals surface area contributed by atoms with Gasteiger partial charge in [-0.25, -0.2) is 0 Å². The van der Waals surface area contributed by atoms with Crippen LogP contribution in [0, 0.1) is 0 Å². The molecule has 21 heavy (non-hydrogen) atoms. The molecule has 2 heterocycles. The average Bonchev–Trinajstić information content (AvgIpc) is 2.87. The van der Waals surface area contributed by atoms with E-state index in [4.69, 9.17) is 16.3 Å². The lowest BCUT2D eigenvalue weighted by molar-refractivity contribution is 0.149. The molecule has 1 N–H and O–H groups in total. The van der Waals surface area contributed by atoms with Gasteiger partial charge in [-0.1, -0.05) is 11.6 Å². The lowest BCUT2D eigenvalue weighted by Gasteiger charge is -2.29. The van der Waals surface area contributed by atoms with E-state index in [1.54, 1.807) is 0 Å². The molecular weight excluding hydrogens is 286 g/mol. The summed E-state index contributed by atoms with van der Waals surface area (Å²) in [5, 5.41) is 4.19. The number of halogens is 1. The number of nitrogens with one attached hydrogen (secondary N) is 1. The monoisotopic (exact) mass is 309 g/mol. The molecule has 1 atom stereocenters. The van der Waals surface area contributed by atoms with Crippen LogP contribution < -0.4 is 10.1 Å². The molecule has 0 spiro atoms. The van der Waals surface area contributed by atoms with Gasteiger partial charge in [-0.2, -0.15) is 0 Å². The molecule has 4 nitrogen and oxygen atoms in total. The van der Waals surface area contributed by atoms with Crippen LogP contribution >= 0.6 is 11.6 Å². The van der Waals surface area contributed by atoms with E-state index >= 15 is 0 Å². The van der Waals surface area contributed by atoms with Crippen molar-refractivity contribution in [3.05, 3.63) is 28.8 Å². The van der Waals surface area contributed by atoms with Crippen LogP contribution in [0.2, 0.25) is 5.02 Å². The van der Waals surface area contributed by atoms with Gasteiger partial charge >= 0.3 is 0 Å². The van der Waals surface area contributed by atoms with Crippen molar-refractivity contribution in [2.75, 3.05) is 52.9 Å². The predicted molar refractivity (Wildman–Crippen MR) is 86.4 cm³/mol. The van der Waals surface area contributed by atoms with Crippen molar-refractivity contribution < 1.29 is 4.74 Å². The number of hydrogen-bond acceptors (Lipinski definition) is 4. The third-order valence-electron chi connectivity index (χ3n) is 4.29. The summed E-state index contributed by atoms with van der Waals surface area (Å²) in [4.78, 5) is 4.90. The summed E-state index contributed by atoms with van der Waals surface area (Å²) in [6.07, 6.45) is 1.22. The average molecular weight is 310 g/mol. The van der Waals surface area contributed by atoms with Crippen molar-refractivity contribution in [2.45, 2.75) is 12.5 Å². The minimum atomic E-state index is 0.256. The second kappa shape index (κ2) is 6.97. The van der Waals surface area contributed by atoms with Crippen molar-refractivity contribution in [3.63, 3.8) is 0 Å². The Morgan fingerprint density at radius 2 is 2.19 bits per heavy atom. The number of nitrogens with zero attached hydrogens (tertiary/aromatic N) is 2. The largest absolute Gasteiger partial charge is 0.488 e. The van der Waals surface area contributed by atoms with E-state index in [2.05, 4.69) is 22.2 Å². The molecule has 2 aliphatic heterocycles. The fourth-order valence-electron chi connectivity index (χ4n) is 3.08. The summed E-state index contributed by atoms with van der Waals surface area (Å²) >= 11 is 6.04. The molecule has 0 saturated carbocycles. The van der Waals surface area contributed by atoms with Gasteiger partial charge in [0.05, 0.1) is 0 Å². The van der Waals surface area contributed by atoms with Crippen molar-refractivity contribution in [1.29, 1.82) is 0 Å². The molecule has 1 saturated heterocycles. The maximum Gasteiger partial charge on any atom is 0.123 e. The van der Waals surface area contributed by atoms with E-state index in [1.165, 1.54) is 5.56 Å². The van der Waals surface area contributed by atoms with Crippen molar-refractivity contribution >= 4 is 11.6 Å². The van der Waals surface area contributed by atoms with E-state index in [0.717, 1.165) is 63.0 Å². The highest BCUT2D eigenvalue weighted by Crippen LogP contribution is 2.31. The van der Waals surface area contributed by atoms with Crippen LogP contribution in [0.25, 0.3) is 0 Å². The topological polar surface area (TPSA) is 27.7 Å². The molecule has 5 heteroatoms. The number of likely N-dealkylation sites (N-methyl/N-ethyl adjacent to an activating group) is 1. The standard InChI is InChI=1S/C16H24ClN3O/c1-19(8-9-20-6-4-18-5-7-20)12-15-11-13-10-14(17)2-3-16(13)21-15/h2-3,10,15,18H,4-9,11-12H2,1H3. The first-order valence-electron chi connectivity index (χ1n) is 7.77. The van der Waals surface area contributed by atoms with Gasteiger partial charge in [0.1, 0.15) is 11.9 Å². The van der Waals surface area contributed by atoms with Crippen LogP contribution in [-0.2, 0) is 6.42 Å². The van der Waals surface area contributed by atoms with Crippen LogP contribution in [0.1, 0.15) is 5.56 Å². The molecule has 1 unspecified atom stereocenters. The maximum atomic E-state index is 6.04. The molecule has 0 bridgehead atoms. The Morgan fingerprint density at radius 1 is 1.38 bits per heavy atom. The number of rotatable bonds is 5. The molecule has 2 aliphatic rings. The number of piperazine rings is 1. The van der Waals surface area contributed by atoms with Gasteiger partial charge < -0.3 is 15.0 Å². The third-order valence-corrected chi connectivity index (χ3v) is 4.52. The normalized spacial score (nSPS) is 22.3. The van der Waals surface area contributed by atoms with Gasteiger partial charge in [0, 0.05) is 57.3 Å². The van der Waals surface area contributed by atoms with Crippen molar-refractivity contribution in [3.8, 4) is 5.75 Å². The van der Waals surface area contributed by atoms with E-state index in [1.807, 2.05) is 18.2 Å². The van der Waals surface area contributed by atoms with Gasteiger partial charge in [-0.15, -0.1) is 0 Å². The van der Waals surface area contributed by atoms with Crippen molar-refractivity contribution in [2.24, 2.45) is 0 Å². The molecule has 0 aromatic heterocycles. The molecule has 116 valence electrons. The molecule has 0 amide bonds. The van der Waals surface area contributed by atoms with Crippen LogP contribution in [0.15, 0.2) is 18.2 Å². The van der Waals surface area contributed by atoms with Crippen LogP contribution in [0.5, 0.6) is 5.75 Å². The lowest BCUT2D eigenvalue weighted by atomic mass is 10.1. The first-order valence-corrected chi connectivity index (χ1v) is 8.15. The molecular formula is C16H24ClN3O. The Morgan fingerprint density at radius 3 is 3.00 bits per heavy atom. The molecule has 3 rings (SSSR count). The summed E-state index contributed by atoms with van der Waals surface area (Å²) in [7, 11) is 2.18. The minimum Gasteiger partial charge on any atom is -0.488 e. The second-order valence-electron chi connectivity index (χ2n) is 6.05. The van der Waals surface area contributed by atoms with Gasteiger partial charge in [0.15, 0.2) is 0 Å². The maximum absolute atomic E-state index is 6.04. The number of fused-ring (bicyclic) bond motifs is 1. The van der Waals surface area contributed by atoms with Crippen molar-refractivity contribution in [1.82, 2.24) is 15.1 Å². The zero-order chi connectivity index (χ0) is 14.7. The van der Waals surface area contributed by atoms with E-state index in [-0.39, 0.29) is 6.10 Å². The van der Waals surface area contributed by atoms with Crippen LogP contribution in [0.4, 0.5) is 0 Å². The highest BCUT2D eigenvalue weighted by Gasteiger charge is 2.24. The Hall–Kier alpha value is -0.810. The summed E-state index contributed by atoms with van der Waals surface area (Å²) in [6, 6.07) is 5.91. The number of benzene rings is 1. The molecule has 1 aromatic rings. The van der Waals surface area contributed by atoms with E-state index in [9.17, 15) is 0 Å². The first-order chi connectivity index (χ1) is 10.2. The summed E-state index contributed by atoms with van der Waals surface area (Å²) in [5.74, 6) is 1.000. The molecule has 0 radical (unpaired) electrons. The summed E-state index contributed by atoms with van der Waals surface area (Å²) < 4.78 is 6.00. The number of ether oxygens (including phenoxy) is 1. The highest BCUT2D eigenvalue weighted by atomic mass is 35.5. The SMILES string of the molecule is CN(CCN1CCNCC1)CC1Cc2cc(Cl)ccc2O1. The van der Waals surface area contributed by atoms with Crippen LogP contribution in [0.3, 0.4) is 0 Å². The van der Waals surface area contributed by atoms with Gasteiger partial charge in [-0.3, -0.25) is 4.90 Å². The summed E-state index contributed by atoms with van der Waals surface area (Å²) in [6.45, 7) is 7.77. The Labute approximate surface area is 132 Å². The molecule has 0 aliphatic carbocycles. The quantitative estimate of drug-likeness (QED) is 0.892. The Bertz CT molecular complexity index is 477. The fraction of sp³-hybridized carbons (Fsp3) is 0.625. The van der Waals surface area contributed by atoms with E-state index < -0.39 is 0 Å². The van der Waals surface area contributed by atoms with Crippen LogP contribution in [-0.4, -0.2) is 68.8 Å². The fourth-order valence-corrected chi connectivity index (χ4v) is 3.27. The Kier molecular flexibility index (Phi) is 5.01. The highest BCUT2D eigenvalue weighted by molar-refractivity contribution is 6.30. The molecule has 1 aromatic carbocycles. The number of hydrogen-bond donors (Lipinski definition) is 1. The third kappa shape index (κ3) is 4.10. The summed E-state index contributed by atoms with van der Waals surface area (Å²) in [5.41, 5.74) is 1.24. The Balaban J connectivity index is 1.42. The van der Waals surface area contributed by atoms with Gasteiger partial charge in [-0.05, 0) is 30.8 Å². The zero-order valence-corrected chi connectivity index (χ0v) is 13.4. The smallest absolute Gasteiger partial charge is 0.123 e.